The lowest BCUT2D eigenvalue weighted by molar-refractivity contribution is 0.479. The summed E-state index contributed by atoms with van der Waals surface area (Å²) < 4.78 is 0. The first kappa shape index (κ1) is 14.0. The van der Waals surface area contributed by atoms with Crippen molar-refractivity contribution >= 4 is 5.82 Å². The summed E-state index contributed by atoms with van der Waals surface area (Å²) >= 11 is 0. The summed E-state index contributed by atoms with van der Waals surface area (Å²) in [7, 11) is 0. The van der Waals surface area contributed by atoms with Crippen molar-refractivity contribution in [3.63, 3.8) is 0 Å². The minimum absolute atomic E-state index is 0.527. The van der Waals surface area contributed by atoms with E-state index in [1.54, 1.807) is 0 Å². The number of piperidine rings is 1. The Bertz CT molecular complexity index is 638. The molecular formula is C17H22N4. The van der Waals surface area contributed by atoms with Crippen molar-refractivity contribution in [2.45, 2.75) is 46.1 Å². The predicted octanol–water partition coefficient (Wildman–Crippen LogP) is 3.53. The minimum atomic E-state index is 0.527. The van der Waals surface area contributed by atoms with E-state index < -0.39 is 0 Å². The van der Waals surface area contributed by atoms with Crippen LogP contribution in [0.5, 0.6) is 0 Å². The van der Waals surface area contributed by atoms with E-state index in [9.17, 15) is 0 Å². The Morgan fingerprint density at radius 3 is 2.76 bits per heavy atom. The lowest BCUT2D eigenvalue weighted by Gasteiger charge is -2.34. The molecule has 0 aliphatic carbocycles. The molecule has 1 saturated heterocycles. The normalized spacial score (nSPS) is 18.8. The highest BCUT2D eigenvalue weighted by Crippen LogP contribution is 2.26. The zero-order valence-electron chi connectivity index (χ0n) is 13.0. The van der Waals surface area contributed by atoms with Crippen molar-refractivity contribution in [1.82, 2.24) is 15.2 Å². The fourth-order valence-corrected chi connectivity index (χ4v) is 2.96. The van der Waals surface area contributed by atoms with E-state index in [1.165, 1.54) is 24.8 Å². The molecular weight excluding hydrogens is 260 g/mol. The molecule has 4 nitrogen and oxygen atoms in total. The van der Waals surface area contributed by atoms with Crippen molar-refractivity contribution in [3.8, 4) is 11.4 Å². The molecule has 1 aliphatic heterocycles. The number of anilines is 1. The summed E-state index contributed by atoms with van der Waals surface area (Å²) in [5, 5.41) is 8.62. The monoisotopic (exact) mass is 282 g/mol. The number of nitrogens with zero attached hydrogens (tertiary/aromatic N) is 4. The number of hydrogen-bond donors (Lipinski definition) is 0. The highest BCUT2D eigenvalue weighted by atomic mass is 15.3. The molecule has 21 heavy (non-hydrogen) atoms. The molecule has 0 spiro atoms. The Hall–Kier alpha value is -1.97. The van der Waals surface area contributed by atoms with Crippen LogP contribution < -0.4 is 4.90 Å². The number of benzene rings is 1. The maximum Gasteiger partial charge on any atom is 0.183 e. The Balaban J connectivity index is 2.00. The van der Waals surface area contributed by atoms with Crippen LogP contribution in [0.15, 0.2) is 24.3 Å². The third kappa shape index (κ3) is 2.89. The third-order valence-corrected chi connectivity index (χ3v) is 4.18. The fraction of sp³-hybridized carbons (Fsp3) is 0.471. The van der Waals surface area contributed by atoms with Gasteiger partial charge in [0.1, 0.15) is 5.69 Å². The molecule has 1 aliphatic rings. The summed E-state index contributed by atoms with van der Waals surface area (Å²) in [6.07, 6.45) is 3.76. The number of aryl methyl sites for hydroxylation is 2. The zero-order chi connectivity index (χ0) is 14.8. The molecule has 0 unspecified atom stereocenters. The van der Waals surface area contributed by atoms with Crippen LogP contribution >= 0.6 is 0 Å². The molecule has 110 valence electrons. The molecule has 4 heteroatoms. The summed E-state index contributed by atoms with van der Waals surface area (Å²) in [6, 6.07) is 8.80. The van der Waals surface area contributed by atoms with Gasteiger partial charge in [0.2, 0.25) is 0 Å². The molecule has 1 fully saturated rings. The molecule has 2 aromatic rings. The van der Waals surface area contributed by atoms with E-state index in [1.807, 2.05) is 19.1 Å². The summed E-state index contributed by atoms with van der Waals surface area (Å²) in [5.41, 5.74) is 3.16. The van der Waals surface area contributed by atoms with Crippen molar-refractivity contribution in [2.24, 2.45) is 0 Å². The molecule has 0 amide bonds. The SMILES string of the molecule is Cc1cccc(-c2nnc(C)c(N3CCCC[C@@H]3C)n2)c1. The van der Waals surface area contributed by atoms with Gasteiger partial charge in [0, 0.05) is 18.2 Å². The summed E-state index contributed by atoms with van der Waals surface area (Å²) in [4.78, 5) is 7.19. The van der Waals surface area contributed by atoms with Gasteiger partial charge in [-0.1, -0.05) is 23.8 Å². The van der Waals surface area contributed by atoms with Crippen molar-refractivity contribution < 1.29 is 0 Å². The smallest absolute Gasteiger partial charge is 0.183 e. The zero-order valence-corrected chi connectivity index (χ0v) is 13.0. The molecule has 0 saturated carbocycles. The maximum absolute atomic E-state index is 4.81. The second kappa shape index (κ2) is 5.80. The maximum atomic E-state index is 4.81. The van der Waals surface area contributed by atoms with Gasteiger partial charge >= 0.3 is 0 Å². The predicted molar refractivity (Wildman–Crippen MR) is 85.4 cm³/mol. The lowest BCUT2D eigenvalue weighted by Crippen LogP contribution is -2.38. The molecule has 0 bridgehead atoms. The molecule has 0 N–H and O–H groups in total. The fourth-order valence-electron chi connectivity index (χ4n) is 2.96. The highest BCUT2D eigenvalue weighted by molar-refractivity contribution is 5.58. The number of rotatable bonds is 2. The van der Waals surface area contributed by atoms with Gasteiger partial charge in [0.25, 0.3) is 0 Å². The quantitative estimate of drug-likeness (QED) is 0.845. The second-order valence-corrected chi connectivity index (χ2v) is 5.95. The van der Waals surface area contributed by atoms with E-state index >= 15 is 0 Å². The van der Waals surface area contributed by atoms with Crippen molar-refractivity contribution in [1.29, 1.82) is 0 Å². The van der Waals surface area contributed by atoms with Crippen LogP contribution in [0.1, 0.15) is 37.4 Å². The number of hydrogen-bond acceptors (Lipinski definition) is 4. The van der Waals surface area contributed by atoms with Gasteiger partial charge in [-0.05, 0) is 46.1 Å². The summed E-state index contributed by atoms with van der Waals surface area (Å²) in [5.74, 6) is 1.71. The topological polar surface area (TPSA) is 41.9 Å². The van der Waals surface area contributed by atoms with Gasteiger partial charge in [-0.3, -0.25) is 0 Å². The Morgan fingerprint density at radius 1 is 1.14 bits per heavy atom. The molecule has 1 atom stereocenters. The first-order chi connectivity index (χ1) is 10.1. The number of aromatic nitrogens is 3. The van der Waals surface area contributed by atoms with Crippen LogP contribution in [0.25, 0.3) is 11.4 Å². The van der Waals surface area contributed by atoms with Gasteiger partial charge in [0.05, 0.1) is 0 Å². The van der Waals surface area contributed by atoms with Crippen LogP contribution in [0.4, 0.5) is 5.82 Å². The summed E-state index contributed by atoms with van der Waals surface area (Å²) in [6.45, 7) is 7.41. The van der Waals surface area contributed by atoms with E-state index in [0.29, 0.717) is 6.04 Å². The average Bonchev–Trinajstić information content (AvgIpc) is 2.49. The van der Waals surface area contributed by atoms with E-state index in [0.717, 1.165) is 29.4 Å². The van der Waals surface area contributed by atoms with Crippen LogP contribution in [-0.2, 0) is 0 Å². The van der Waals surface area contributed by atoms with E-state index in [2.05, 4.69) is 41.1 Å². The molecule has 3 rings (SSSR count). The first-order valence-corrected chi connectivity index (χ1v) is 7.70. The van der Waals surface area contributed by atoms with Gasteiger partial charge in [-0.15, -0.1) is 10.2 Å². The van der Waals surface area contributed by atoms with E-state index in [4.69, 9.17) is 4.98 Å². The third-order valence-electron chi connectivity index (χ3n) is 4.18. The Morgan fingerprint density at radius 2 is 2.00 bits per heavy atom. The minimum Gasteiger partial charge on any atom is -0.352 e. The first-order valence-electron chi connectivity index (χ1n) is 7.70. The lowest BCUT2D eigenvalue weighted by atomic mass is 10.0. The average molecular weight is 282 g/mol. The van der Waals surface area contributed by atoms with Crippen LogP contribution in [0, 0.1) is 13.8 Å². The van der Waals surface area contributed by atoms with Gasteiger partial charge in [-0.25, -0.2) is 4.98 Å². The van der Waals surface area contributed by atoms with Gasteiger partial charge < -0.3 is 4.90 Å². The van der Waals surface area contributed by atoms with Gasteiger partial charge in [0.15, 0.2) is 11.6 Å². The van der Waals surface area contributed by atoms with Crippen LogP contribution in [0.3, 0.4) is 0 Å². The van der Waals surface area contributed by atoms with E-state index in [-0.39, 0.29) is 0 Å². The highest BCUT2D eigenvalue weighted by Gasteiger charge is 2.22. The molecule has 1 aromatic heterocycles. The molecule has 1 aromatic carbocycles. The molecule has 0 radical (unpaired) electrons. The molecule has 2 heterocycles. The standard InChI is InChI=1S/C17H22N4/c1-12-7-6-9-15(11-12)16-18-17(14(3)19-20-16)21-10-5-4-8-13(21)2/h6-7,9,11,13H,4-5,8,10H2,1-3H3/t13-/m0/s1. The van der Waals surface area contributed by atoms with Gasteiger partial charge in [-0.2, -0.15) is 0 Å². The van der Waals surface area contributed by atoms with Crippen molar-refractivity contribution in [3.05, 3.63) is 35.5 Å². The largest absolute Gasteiger partial charge is 0.352 e. The van der Waals surface area contributed by atoms with Crippen LogP contribution in [0.2, 0.25) is 0 Å². The Kier molecular flexibility index (Phi) is 3.86. The van der Waals surface area contributed by atoms with Crippen LogP contribution in [-0.4, -0.2) is 27.8 Å². The second-order valence-electron chi connectivity index (χ2n) is 5.95. The Labute approximate surface area is 126 Å². The van der Waals surface area contributed by atoms with Crippen molar-refractivity contribution in [2.75, 3.05) is 11.4 Å².